The van der Waals surface area contributed by atoms with Crippen molar-refractivity contribution in [3.05, 3.63) is 39.9 Å². The van der Waals surface area contributed by atoms with Crippen LogP contribution in [-0.2, 0) is 16.1 Å². The van der Waals surface area contributed by atoms with E-state index in [1.807, 2.05) is 19.1 Å². The van der Waals surface area contributed by atoms with Crippen LogP contribution in [0.3, 0.4) is 0 Å². The van der Waals surface area contributed by atoms with E-state index in [0.717, 1.165) is 31.6 Å². The van der Waals surface area contributed by atoms with Gasteiger partial charge in [-0.15, -0.1) is 0 Å². The Hall–Kier alpha value is -2.51. The van der Waals surface area contributed by atoms with Gasteiger partial charge >= 0.3 is 0 Å². The number of carbonyl (C=O) groups is 2. The van der Waals surface area contributed by atoms with Crippen LogP contribution >= 0.6 is 11.6 Å². The zero-order valence-electron chi connectivity index (χ0n) is 16.7. The highest BCUT2D eigenvalue weighted by Crippen LogP contribution is 2.26. The van der Waals surface area contributed by atoms with Gasteiger partial charge in [0.25, 0.3) is 5.91 Å². The number of amidine groups is 1. The molecule has 1 fully saturated rings. The molecule has 8 heteroatoms. The average Bonchev–Trinajstić information content (AvgIpc) is 3.00. The van der Waals surface area contributed by atoms with Crippen LogP contribution in [-0.4, -0.2) is 54.4 Å². The van der Waals surface area contributed by atoms with Gasteiger partial charge < -0.3 is 15.4 Å². The van der Waals surface area contributed by atoms with E-state index in [0.29, 0.717) is 29.2 Å². The van der Waals surface area contributed by atoms with Gasteiger partial charge in [0.1, 0.15) is 11.6 Å². The number of halogens is 1. The molecular weight excluding hydrogens is 392 g/mol. The molecule has 0 atom stereocenters. The van der Waals surface area contributed by atoms with Crippen LogP contribution in [0.2, 0.25) is 0 Å². The zero-order chi connectivity index (χ0) is 21.0. The largest absolute Gasteiger partial charge is 0.397 e. The number of ketones is 1. The zero-order valence-corrected chi connectivity index (χ0v) is 17.4. The first kappa shape index (κ1) is 21.2. The lowest BCUT2D eigenvalue weighted by Gasteiger charge is -2.18. The van der Waals surface area contributed by atoms with E-state index in [2.05, 4.69) is 9.98 Å². The highest BCUT2D eigenvalue weighted by Gasteiger charge is 2.28. The molecule has 0 aliphatic carbocycles. The summed E-state index contributed by atoms with van der Waals surface area (Å²) in [5, 5.41) is 0.275. The molecule has 1 saturated heterocycles. The summed E-state index contributed by atoms with van der Waals surface area (Å²) in [5.41, 5.74) is 8.57. The summed E-state index contributed by atoms with van der Waals surface area (Å²) in [7, 11) is 0. The molecule has 1 aromatic rings. The minimum atomic E-state index is -0.172. The maximum absolute atomic E-state index is 12.5. The summed E-state index contributed by atoms with van der Waals surface area (Å²) >= 11 is 6.33. The number of rotatable bonds is 5. The van der Waals surface area contributed by atoms with Crippen molar-refractivity contribution in [2.45, 2.75) is 39.3 Å². The summed E-state index contributed by atoms with van der Waals surface area (Å²) < 4.78 is 5.33. The van der Waals surface area contributed by atoms with Gasteiger partial charge in [-0.05, 0) is 43.9 Å². The molecule has 3 rings (SSSR count). The van der Waals surface area contributed by atoms with E-state index < -0.39 is 0 Å². The normalized spacial score (nSPS) is 18.9. The van der Waals surface area contributed by atoms with Crippen molar-refractivity contribution in [3.8, 4) is 0 Å². The Morgan fingerprint density at radius 2 is 2.07 bits per heavy atom. The molecule has 0 aromatic heterocycles. The Bertz CT molecular complexity index is 901. The topological polar surface area (TPSA) is 97.3 Å². The molecule has 0 saturated carbocycles. The molecule has 2 heterocycles. The second-order valence-electron chi connectivity index (χ2n) is 7.27. The Kier molecular flexibility index (Phi) is 6.82. The van der Waals surface area contributed by atoms with Crippen LogP contribution in [0.4, 0.5) is 0 Å². The molecule has 2 N–H and O–H groups in total. The number of carbonyl (C=O) groups excluding carboxylic acids is 2. The first-order valence-electron chi connectivity index (χ1n) is 9.58. The van der Waals surface area contributed by atoms with Crippen LogP contribution in [0.15, 0.2) is 33.2 Å². The van der Waals surface area contributed by atoms with Crippen molar-refractivity contribution in [1.29, 1.82) is 0 Å². The lowest BCUT2D eigenvalue weighted by molar-refractivity contribution is -0.117. The summed E-state index contributed by atoms with van der Waals surface area (Å²) in [4.78, 5) is 34.2. The van der Waals surface area contributed by atoms with Gasteiger partial charge in [0.2, 0.25) is 0 Å². The Morgan fingerprint density at radius 1 is 1.34 bits per heavy atom. The van der Waals surface area contributed by atoms with Crippen molar-refractivity contribution >= 4 is 41.0 Å². The Labute approximate surface area is 175 Å². The summed E-state index contributed by atoms with van der Waals surface area (Å²) in [6.45, 7) is 5.26. The number of allylic oxidation sites excluding steroid dienone is 1. The van der Waals surface area contributed by atoms with E-state index in [9.17, 15) is 9.59 Å². The quantitative estimate of drug-likeness (QED) is 0.589. The number of benzene rings is 1. The average molecular weight is 417 g/mol. The van der Waals surface area contributed by atoms with Gasteiger partial charge in [-0.3, -0.25) is 14.6 Å². The number of hydrogen-bond donors (Lipinski definition) is 1. The molecule has 1 aromatic carbocycles. The van der Waals surface area contributed by atoms with Crippen LogP contribution in [0, 0.1) is 0 Å². The highest BCUT2D eigenvalue weighted by molar-refractivity contribution is 6.42. The minimum absolute atomic E-state index is 0.0529. The van der Waals surface area contributed by atoms with Crippen molar-refractivity contribution in [2.75, 3.05) is 19.8 Å². The predicted molar refractivity (Wildman–Crippen MR) is 114 cm³/mol. The summed E-state index contributed by atoms with van der Waals surface area (Å²) in [5.74, 6) is 0.406. The van der Waals surface area contributed by atoms with Gasteiger partial charge in [-0.1, -0.05) is 23.7 Å². The fourth-order valence-corrected chi connectivity index (χ4v) is 3.55. The van der Waals surface area contributed by atoms with Gasteiger partial charge in [0, 0.05) is 31.5 Å². The molecular formula is C21H25ClN4O3. The first-order valence-corrected chi connectivity index (χ1v) is 9.96. The van der Waals surface area contributed by atoms with Crippen LogP contribution in [0.1, 0.15) is 48.2 Å². The lowest BCUT2D eigenvalue weighted by atomic mass is 10.0. The predicted octanol–water partition coefficient (Wildman–Crippen LogP) is 2.77. The van der Waals surface area contributed by atoms with E-state index in [4.69, 9.17) is 22.1 Å². The van der Waals surface area contributed by atoms with Crippen LogP contribution < -0.4 is 5.73 Å². The fraction of sp³-hybridized carbons (Fsp3) is 0.429. The third-order valence-electron chi connectivity index (χ3n) is 4.90. The van der Waals surface area contributed by atoms with Gasteiger partial charge in [-0.2, -0.15) is 0 Å². The highest BCUT2D eigenvalue weighted by atomic mass is 35.5. The molecule has 7 nitrogen and oxygen atoms in total. The number of nitrogens with zero attached hydrogens (tertiary/aromatic N) is 3. The second kappa shape index (κ2) is 9.33. The number of nitrogens with two attached hydrogens (primary N) is 1. The minimum Gasteiger partial charge on any atom is -0.397 e. The molecule has 0 unspecified atom stereocenters. The third-order valence-corrected chi connectivity index (χ3v) is 5.20. The standard InChI is InChI=1S/C21H25ClN4O3/c1-13(27)11-26-12-16-4-3-15(9-18(16)21(26)28)20(23)19(22)10-24-14(2)25-17-5-7-29-8-6-17/h3-4,9-10,17H,5-8,11-12,23H2,1-2H3. The number of Topliss-reactive ketones (excluding diaryl/α,β-unsaturated/α-hetero) is 1. The number of ether oxygens (including phenoxy) is 1. The smallest absolute Gasteiger partial charge is 0.254 e. The van der Waals surface area contributed by atoms with Gasteiger partial charge in [0.05, 0.1) is 23.3 Å². The summed E-state index contributed by atoms with van der Waals surface area (Å²) in [6, 6.07) is 5.60. The SMILES string of the molecule is CC(=O)CN1Cc2ccc(C(N)=C(Cl)C=NC(C)=NC3CCOCC3)cc2C1=O. The monoisotopic (exact) mass is 416 g/mol. The van der Waals surface area contributed by atoms with E-state index in [-0.39, 0.29) is 29.3 Å². The molecule has 2 aliphatic heterocycles. The second-order valence-corrected chi connectivity index (χ2v) is 7.68. The number of fused-ring (bicyclic) bond motifs is 1. The Morgan fingerprint density at radius 3 is 2.76 bits per heavy atom. The molecule has 29 heavy (non-hydrogen) atoms. The van der Waals surface area contributed by atoms with Crippen LogP contribution in [0.5, 0.6) is 0 Å². The van der Waals surface area contributed by atoms with E-state index in [1.165, 1.54) is 18.0 Å². The van der Waals surface area contributed by atoms with E-state index in [1.54, 1.807) is 6.07 Å². The molecule has 1 amide bonds. The number of hydrogen-bond acceptors (Lipinski definition) is 5. The van der Waals surface area contributed by atoms with Crippen molar-refractivity contribution in [1.82, 2.24) is 4.90 Å². The Balaban J connectivity index is 1.74. The van der Waals surface area contributed by atoms with Crippen molar-refractivity contribution < 1.29 is 14.3 Å². The molecule has 2 aliphatic rings. The number of amides is 1. The van der Waals surface area contributed by atoms with Crippen molar-refractivity contribution in [2.24, 2.45) is 15.7 Å². The molecule has 0 radical (unpaired) electrons. The summed E-state index contributed by atoms with van der Waals surface area (Å²) in [6.07, 6.45) is 3.26. The first-order chi connectivity index (χ1) is 13.8. The third kappa shape index (κ3) is 5.31. The molecule has 0 spiro atoms. The molecule has 0 bridgehead atoms. The maximum Gasteiger partial charge on any atom is 0.254 e. The van der Waals surface area contributed by atoms with Gasteiger partial charge in [-0.25, -0.2) is 4.99 Å². The van der Waals surface area contributed by atoms with Gasteiger partial charge in [0.15, 0.2) is 0 Å². The molecule has 154 valence electrons. The maximum atomic E-state index is 12.5. The van der Waals surface area contributed by atoms with E-state index >= 15 is 0 Å². The van der Waals surface area contributed by atoms with Crippen LogP contribution in [0.25, 0.3) is 5.70 Å². The lowest BCUT2D eigenvalue weighted by Crippen LogP contribution is -2.28. The van der Waals surface area contributed by atoms with Crippen molar-refractivity contribution in [3.63, 3.8) is 0 Å². The fourth-order valence-electron chi connectivity index (χ4n) is 3.39. The number of aliphatic imine (C=N–C) groups is 2.